The number of sulfonamides is 1. The third kappa shape index (κ3) is 3.66. The van der Waals surface area contributed by atoms with Crippen LogP contribution in [0.15, 0.2) is 53.4 Å². The first-order chi connectivity index (χ1) is 10.4. The van der Waals surface area contributed by atoms with Crippen molar-refractivity contribution in [2.24, 2.45) is 0 Å². The summed E-state index contributed by atoms with van der Waals surface area (Å²) >= 11 is 0. The van der Waals surface area contributed by atoms with E-state index in [0.29, 0.717) is 11.1 Å². The quantitative estimate of drug-likeness (QED) is 0.668. The highest BCUT2D eigenvalue weighted by molar-refractivity contribution is 7.89. The van der Waals surface area contributed by atoms with Gasteiger partial charge >= 0.3 is 0 Å². The molecule has 0 spiro atoms. The average Bonchev–Trinajstić information content (AvgIpc) is 2.53. The number of rotatable bonds is 5. The van der Waals surface area contributed by atoms with Gasteiger partial charge in [0, 0.05) is 18.7 Å². The molecule has 0 saturated carbocycles. The number of nitrogens with one attached hydrogen (secondary N) is 1. The molecule has 2 aromatic rings. The Morgan fingerprint density at radius 1 is 1.18 bits per heavy atom. The number of nitro benzene ring substituents is 1. The zero-order valence-corrected chi connectivity index (χ0v) is 12.1. The Labute approximate surface area is 127 Å². The summed E-state index contributed by atoms with van der Waals surface area (Å²) in [5, 5.41) is 19.4. The summed E-state index contributed by atoms with van der Waals surface area (Å²) in [4.78, 5) is 9.86. The van der Waals surface area contributed by atoms with Gasteiger partial charge in [0.25, 0.3) is 5.69 Å². The summed E-state index contributed by atoms with van der Waals surface area (Å²) < 4.78 is 26.6. The van der Waals surface area contributed by atoms with Gasteiger partial charge in [-0.1, -0.05) is 18.2 Å². The van der Waals surface area contributed by atoms with Crippen molar-refractivity contribution in [1.29, 1.82) is 5.26 Å². The molecule has 22 heavy (non-hydrogen) atoms. The Hall–Kier alpha value is -2.76. The number of non-ortho nitro benzene ring substituents is 1. The SMILES string of the molecule is N#Cc1ccc(CNS(=O)(=O)c2cccc([N+](=O)[O-])c2)cc1. The van der Waals surface area contributed by atoms with Crippen molar-refractivity contribution < 1.29 is 13.3 Å². The van der Waals surface area contributed by atoms with Gasteiger partial charge in [0.05, 0.1) is 21.5 Å². The van der Waals surface area contributed by atoms with Gasteiger partial charge in [-0.05, 0) is 23.8 Å². The van der Waals surface area contributed by atoms with Crippen molar-refractivity contribution in [3.8, 4) is 6.07 Å². The predicted molar refractivity (Wildman–Crippen MR) is 78.3 cm³/mol. The highest BCUT2D eigenvalue weighted by Gasteiger charge is 2.17. The van der Waals surface area contributed by atoms with Gasteiger partial charge < -0.3 is 0 Å². The van der Waals surface area contributed by atoms with Gasteiger partial charge in [-0.25, -0.2) is 13.1 Å². The van der Waals surface area contributed by atoms with Crippen LogP contribution < -0.4 is 4.72 Å². The standard InChI is InChI=1S/C14H11N3O4S/c15-9-11-4-6-12(7-5-11)10-16-22(20,21)14-3-1-2-13(8-14)17(18)19/h1-8,16H,10H2. The van der Waals surface area contributed by atoms with Crippen molar-refractivity contribution in [2.75, 3.05) is 0 Å². The third-order valence-electron chi connectivity index (χ3n) is 2.89. The van der Waals surface area contributed by atoms with E-state index >= 15 is 0 Å². The molecular formula is C14H11N3O4S. The molecule has 0 aromatic heterocycles. The van der Waals surface area contributed by atoms with Gasteiger partial charge in [-0.3, -0.25) is 10.1 Å². The lowest BCUT2D eigenvalue weighted by molar-refractivity contribution is -0.385. The molecule has 0 radical (unpaired) electrons. The molecule has 0 heterocycles. The lowest BCUT2D eigenvalue weighted by Crippen LogP contribution is -2.23. The van der Waals surface area contributed by atoms with Crippen LogP contribution in [-0.4, -0.2) is 13.3 Å². The first-order valence-corrected chi connectivity index (χ1v) is 7.64. The minimum atomic E-state index is -3.85. The van der Waals surface area contributed by atoms with Gasteiger partial charge in [0.15, 0.2) is 0 Å². The van der Waals surface area contributed by atoms with Crippen molar-refractivity contribution >= 4 is 15.7 Å². The first kappa shape index (κ1) is 15.6. The van der Waals surface area contributed by atoms with Crippen LogP contribution in [0, 0.1) is 21.4 Å². The second-order valence-corrected chi connectivity index (χ2v) is 6.15. The molecule has 0 aliphatic rings. The number of hydrogen-bond acceptors (Lipinski definition) is 5. The Morgan fingerprint density at radius 3 is 2.45 bits per heavy atom. The van der Waals surface area contributed by atoms with Crippen LogP contribution in [0.25, 0.3) is 0 Å². The fraction of sp³-hybridized carbons (Fsp3) is 0.0714. The van der Waals surface area contributed by atoms with E-state index in [1.807, 2.05) is 6.07 Å². The highest BCUT2D eigenvalue weighted by atomic mass is 32.2. The average molecular weight is 317 g/mol. The van der Waals surface area contributed by atoms with Gasteiger partial charge in [-0.15, -0.1) is 0 Å². The minimum absolute atomic E-state index is 0.0245. The molecule has 2 aromatic carbocycles. The summed E-state index contributed by atoms with van der Waals surface area (Å²) in [6.45, 7) is 0.0245. The molecule has 112 valence electrons. The Bertz CT molecular complexity index is 839. The molecule has 0 fully saturated rings. The molecule has 8 heteroatoms. The van der Waals surface area contributed by atoms with Crippen LogP contribution >= 0.6 is 0 Å². The molecule has 2 rings (SSSR count). The van der Waals surface area contributed by atoms with Crippen LogP contribution in [0.1, 0.15) is 11.1 Å². The van der Waals surface area contributed by atoms with E-state index < -0.39 is 14.9 Å². The van der Waals surface area contributed by atoms with Crippen LogP contribution in [0.3, 0.4) is 0 Å². The number of nitro groups is 1. The number of nitriles is 1. The van der Waals surface area contributed by atoms with E-state index in [-0.39, 0.29) is 17.1 Å². The van der Waals surface area contributed by atoms with Crippen molar-refractivity contribution in [1.82, 2.24) is 4.72 Å². The van der Waals surface area contributed by atoms with E-state index in [9.17, 15) is 18.5 Å². The monoisotopic (exact) mass is 317 g/mol. The Balaban J connectivity index is 2.15. The highest BCUT2D eigenvalue weighted by Crippen LogP contribution is 2.17. The van der Waals surface area contributed by atoms with Crippen molar-refractivity contribution in [3.05, 3.63) is 69.8 Å². The predicted octanol–water partition coefficient (Wildman–Crippen LogP) is 1.94. The summed E-state index contributed by atoms with van der Waals surface area (Å²) in [7, 11) is -3.85. The molecular weight excluding hydrogens is 306 g/mol. The van der Waals surface area contributed by atoms with E-state index in [2.05, 4.69) is 4.72 Å². The maximum atomic E-state index is 12.1. The van der Waals surface area contributed by atoms with Gasteiger partial charge in [-0.2, -0.15) is 5.26 Å². The summed E-state index contributed by atoms with van der Waals surface area (Å²) in [6.07, 6.45) is 0. The van der Waals surface area contributed by atoms with E-state index in [0.717, 1.165) is 6.07 Å². The molecule has 0 bridgehead atoms. The number of hydrogen-bond donors (Lipinski definition) is 1. The molecule has 0 unspecified atom stereocenters. The topological polar surface area (TPSA) is 113 Å². The smallest absolute Gasteiger partial charge is 0.258 e. The second-order valence-electron chi connectivity index (χ2n) is 4.39. The van der Waals surface area contributed by atoms with Crippen molar-refractivity contribution in [2.45, 2.75) is 11.4 Å². The minimum Gasteiger partial charge on any atom is -0.258 e. The number of benzene rings is 2. The fourth-order valence-corrected chi connectivity index (χ4v) is 2.78. The van der Waals surface area contributed by atoms with Crippen LogP contribution in [0.4, 0.5) is 5.69 Å². The maximum absolute atomic E-state index is 12.1. The first-order valence-electron chi connectivity index (χ1n) is 6.15. The molecule has 0 aliphatic heterocycles. The lowest BCUT2D eigenvalue weighted by Gasteiger charge is -2.07. The normalized spacial score (nSPS) is 10.9. The zero-order valence-electron chi connectivity index (χ0n) is 11.3. The summed E-state index contributed by atoms with van der Waals surface area (Å²) in [5.74, 6) is 0. The van der Waals surface area contributed by atoms with Gasteiger partial charge in [0.1, 0.15) is 0 Å². The Kier molecular flexibility index (Phi) is 4.50. The Morgan fingerprint density at radius 2 is 1.86 bits per heavy atom. The largest absolute Gasteiger partial charge is 0.270 e. The van der Waals surface area contributed by atoms with E-state index in [1.165, 1.54) is 18.2 Å². The fourth-order valence-electron chi connectivity index (χ4n) is 1.72. The van der Waals surface area contributed by atoms with E-state index in [1.54, 1.807) is 24.3 Å². The third-order valence-corrected chi connectivity index (χ3v) is 4.29. The maximum Gasteiger partial charge on any atom is 0.270 e. The molecule has 7 nitrogen and oxygen atoms in total. The second kappa shape index (κ2) is 6.34. The molecule has 1 N–H and O–H groups in total. The molecule has 0 atom stereocenters. The van der Waals surface area contributed by atoms with Crippen LogP contribution in [0.5, 0.6) is 0 Å². The van der Waals surface area contributed by atoms with Gasteiger partial charge in [0.2, 0.25) is 10.0 Å². The molecule has 0 amide bonds. The van der Waals surface area contributed by atoms with E-state index in [4.69, 9.17) is 5.26 Å². The summed E-state index contributed by atoms with van der Waals surface area (Å²) in [6, 6.07) is 13.2. The van der Waals surface area contributed by atoms with Crippen LogP contribution in [0.2, 0.25) is 0 Å². The molecule has 0 saturated heterocycles. The number of nitrogens with zero attached hydrogens (tertiary/aromatic N) is 2. The summed E-state index contributed by atoms with van der Waals surface area (Å²) in [5.41, 5.74) is 0.861. The van der Waals surface area contributed by atoms with Crippen molar-refractivity contribution in [3.63, 3.8) is 0 Å². The molecule has 0 aliphatic carbocycles. The lowest BCUT2D eigenvalue weighted by atomic mass is 10.1. The van der Waals surface area contributed by atoms with Crippen LogP contribution in [-0.2, 0) is 16.6 Å². The zero-order chi connectivity index (χ0) is 16.2.